The third-order valence-corrected chi connectivity index (χ3v) is 3.28. The third-order valence-electron chi connectivity index (χ3n) is 3.28. The smallest absolute Gasteiger partial charge is 0.338 e. The maximum absolute atomic E-state index is 11.5. The summed E-state index contributed by atoms with van der Waals surface area (Å²) in [4.78, 5) is 22.8. The van der Waals surface area contributed by atoms with Crippen LogP contribution in [0.5, 0.6) is 17.2 Å². The van der Waals surface area contributed by atoms with Crippen LogP contribution in [0.3, 0.4) is 0 Å². The second kappa shape index (κ2) is 7.97. The Kier molecular flexibility index (Phi) is 5.74. The summed E-state index contributed by atoms with van der Waals surface area (Å²) in [6.07, 6.45) is 1.09. The molecule has 5 heteroatoms. The molecular formula is C20H18O5. The maximum Gasteiger partial charge on any atom is 0.338 e. The van der Waals surface area contributed by atoms with Crippen LogP contribution in [-0.2, 0) is 9.59 Å². The number of carbonyl (C=O) groups excluding carboxylic acids is 2. The summed E-state index contributed by atoms with van der Waals surface area (Å²) < 4.78 is 15.6. The van der Waals surface area contributed by atoms with Crippen molar-refractivity contribution >= 4 is 11.9 Å². The van der Waals surface area contributed by atoms with Crippen LogP contribution in [0, 0.1) is 0 Å². The fourth-order valence-corrected chi connectivity index (χ4v) is 2.03. The van der Waals surface area contributed by atoms with Gasteiger partial charge in [0, 0.05) is 23.3 Å². The van der Waals surface area contributed by atoms with Gasteiger partial charge in [0.25, 0.3) is 0 Å². The third kappa shape index (κ3) is 4.57. The van der Waals surface area contributed by atoms with Crippen molar-refractivity contribution in [3.05, 3.63) is 67.3 Å². The average Bonchev–Trinajstić information content (AvgIpc) is 2.62. The van der Waals surface area contributed by atoms with Gasteiger partial charge in [0.05, 0.1) is 7.11 Å². The Hall–Kier alpha value is -3.34. The van der Waals surface area contributed by atoms with E-state index in [0.717, 1.165) is 17.2 Å². The molecular weight excluding hydrogens is 320 g/mol. The predicted molar refractivity (Wildman–Crippen MR) is 94.7 cm³/mol. The number of esters is 2. The molecule has 0 saturated heterocycles. The molecule has 0 aliphatic carbocycles. The van der Waals surface area contributed by atoms with E-state index in [4.69, 9.17) is 14.2 Å². The fourth-order valence-electron chi connectivity index (χ4n) is 2.03. The molecule has 0 heterocycles. The molecule has 0 aromatic heterocycles. The zero-order valence-corrected chi connectivity index (χ0v) is 14.1. The Bertz CT molecular complexity index is 818. The predicted octanol–water partition coefficient (Wildman–Crippen LogP) is 3.94. The van der Waals surface area contributed by atoms with E-state index in [-0.39, 0.29) is 0 Å². The minimum atomic E-state index is -0.543. The Balaban J connectivity index is 2.25. The number of hydrogen-bond acceptors (Lipinski definition) is 5. The Morgan fingerprint density at radius 2 is 1.64 bits per heavy atom. The largest absolute Gasteiger partial charge is 0.496 e. The lowest BCUT2D eigenvalue weighted by molar-refractivity contribution is -0.130. The van der Waals surface area contributed by atoms with Gasteiger partial charge in [0.15, 0.2) is 0 Å². The minimum absolute atomic E-state index is 0.329. The van der Waals surface area contributed by atoms with Crippen molar-refractivity contribution in [3.8, 4) is 28.4 Å². The second-order valence-electron chi connectivity index (χ2n) is 5.18. The van der Waals surface area contributed by atoms with E-state index in [9.17, 15) is 9.59 Å². The van der Waals surface area contributed by atoms with E-state index >= 15 is 0 Å². The first kappa shape index (κ1) is 18.0. The normalized spacial score (nSPS) is 9.84. The highest BCUT2D eigenvalue weighted by Gasteiger charge is 2.10. The number of methoxy groups -OCH3 is 1. The molecule has 2 aromatic rings. The highest BCUT2D eigenvalue weighted by molar-refractivity contribution is 5.89. The summed E-state index contributed by atoms with van der Waals surface area (Å²) in [6.45, 7) is 8.48. The molecule has 25 heavy (non-hydrogen) atoms. The summed E-state index contributed by atoms with van der Waals surface area (Å²) >= 11 is 0. The van der Waals surface area contributed by atoms with Crippen molar-refractivity contribution in [1.29, 1.82) is 0 Å². The molecule has 0 fully saturated rings. The highest BCUT2D eigenvalue weighted by Crippen LogP contribution is 2.34. The van der Waals surface area contributed by atoms with Crippen molar-refractivity contribution in [3.63, 3.8) is 0 Å². The first-order valence-electron chi connectivity index (χ1n) is 7.45. The van der Waals surface area contributed by atoms with Crippen LogP contribution >= 0.6 is 0 Å². The van der Waals surface area contributed by atoms with Crippen molar-refractivity contribution in [2.24, 2.45) is 0 Å². The van der Waals surface area contributed by atoms with E-state index in [1.807, 2.05) is 0 Å². The van der Waals surface area contributed by atoms with Crippen molar-refractivity contribution < 1.29 is 23.8 Å². The molecule has 0 aliphatic rings. The summed E-state index contributed by atoms with van der Waals surface area (Å²) in [5, 5.41) is 0. The van der Waals surface area contributed by atoms with Crippen molar-refractivity contribution in [1.82, 2.24) is 0 Å². The molecule has 0 atom stereocenters. The number of carbonyl (C=O) groups is 2. The highest BCUT2D eigenvalue weighted by atomic mass is 16.5. The van der Waals surface area contributed by atoms with Gasteiger partial charge in [-0.1, -0.05) is 25.3 Å². The number of hydrogen-bond donors (Lipinski definition) is 0. The number of ether oxygens (including phenoxy) is 3. The quantitative estimate of drug-likeness (QED) is 0.454. The molecule has 0 bridgehead atoms. The van der Waals surface area contributed by atoms with E-state index in [1.165, 1.54) is 7.11 Å². The second-order valence-corrected chi connectivity index (χ2v) is 5.18. The molecule has 5 nitrogen and oxygen atoms in total. The molecule has 0 amide bonds. The summed E-state index contributed by atoms with van der Waals surface area (Å²) in [5.41, 5.74) is 1.99. The standard InChI is InChI=1S/C20H18O5/c1-5-19(21)24-16-10-11-17(18(12-16)23-4)14-6-8-15(9-7-14)25-20(22)13(2)3/h5-12H,1-2H2,3-4H3. The molecule has 0 N–H and O–H groups in total. The summed E-state index contributed by atoms with van der Waals surface area (Å²) in [6, 6.07) is 12.0. The van der Waals surface area contributed by atoms with Gasteiger partial charge in [0.2, 0.25) is 0 Å². The van der Waals surface area contributed by atoms with Crippen LogP contribution in [0.25, 0.3) is 11.1 Å². The molecule has 0 saturated carbocycles. The number of benzene rings is 2. The van der Waals surface area contributed by atoms with E-state index < -0.39 is 11.9 Å². The first-order chi connectivity index (χ1) is 11.9. The molecule has 0 radical (unpaired) electrons. The maximum atomic E-state index is 11.5. The Morgan fingerprint density at radius 1 is 1.00 bits per heavy atom. The fraction of sp³-hybridized carbons (Fsp3) is 0.100. The zero-order valence-electron chi connectivity index (χ0n) is 14.1. The van der Waals surface area contributed by atoms with E-state index in [0.29, 0.717) is 22.8 Å². The van der Waals surface area contributed by atoms with Crippen LogP contribution in [0.4, 0.5) is 0 Å². The van der Waals surface area contributed by atoms with Crippen LogP contribution in [-0.4, -0.2) is 19.0 Å². The van der Waals surface area contributed by atoms with Gasteiger partial charge in [0.1, 0.15) is 17.2 Å². The van der Waals surface area contributed by atoms with Crippen LogP contribution < -0.4 is 14.2 Å². The SMILES string of the molecule is C=CC(=O)Oc1ccc(-c2ccc(OC(=O)C(=C)C)cc2)c(OC)c1. The minimum Gasteiger partial charge on any atom is -0.496 e. The summed E-state index contributed by atoms with van der Waals surface area (Å²) in [5.74, 6) is 0.308. The van der Waals surface area contributed by atoms with Crippen molar-refractivity contribution in [2.75, 3.05) is 7.11 Å². The van der Waals surface area contributed by atoms with Gasteiger partial charge in [-0.3, -0.25) is 0 Å². The van der Waals surface area contributed by atoms with Gasteiger partial charge in [-0.2, -0.15) is 0 Å². The molecule has 2 rings (SSSR count). The first-order valence-corrected chi connectivity index (χ1v) is 7.45. The van der Waals surface area contributed by atoms with Crippen LogP contribution in [0.15, 0.2) is 67.3 Å². The molecule has 0 unspecified atom stereocenters. The Labute approximate surface area is 146 Å². The lowest BCUT2D eigenvalue weighted by Crippen LogP contribution is -2.07. The molecule has 2 aromatic carbocycles. The van der Waals surface area contributed by atoms with Gasteiger partial charge < -0.3 is 14.2 Å². The van der Waals surface area contributed by atoms with Gasteiger partial charge in [-0.25, -0.2) is 9.59 Å². The lowest BCUT2D eigenvalue weighted by atomic mass is 10.0. The molecule has 0 aliphatic heterocycles. The molecule has 0 spiro atoms. The van der Waals surface area contributed by atoms with Gasteiger partial charge >= 0.3 is 11.9 Å². The van der Waals surface area contributed by atoms with Crippen LogP contribution in [0.1, 0.15) is 6.92 Å². The van der Waals surface area contributed by atoms with Crippen molar-refractivity contribution in [2.45, 2.75) is 6.92 Å². The number of rotatable bonds is 6. The average molecular weight is 338 g/mol. The van der Waals surface area contributed by atoms with E-state index in [1.54, 1.807) is 49.4 Å². The monoisotopic (exact) mass is 338 g/mol. The molecule has 128 valence electrons. The topological polar surface area (TPSA) is 61.8 Å². The van der Waals surface area contributed by atoms with Crippen LogP contribution in [0.2, 0.25) is 0 Å². The summed E-state index contributed by atoms with van der Waals surface area (Å²) in [7, 11) is 1.53. The Morgan fingerprint density at radius 3 is 2.20 bits per heavy atom. The zero-order chi connectivity index (χ0) is 18.4. The van der Waals surface area contributed by atoms with Gasteiger partial charge in [-0.15, -0.1) is 0 Å². The lowest BCUT2D eigenvalue weighted by Gasteiger charge is -2.11. The van der Waals surface area contributed by atoms with E-state index in [2.05, 4.69) is 13.2 Å². The van der Waals surface area contributed by atoms with Gasteiger partial charge in [-0.05, 0) is 36.8 Å².